The van der Waals surface area contributed by atoms with Gasteiger partial charge in [-0.3, -0.25) is 9.59 Å². The highest BCUT2D eigenvalue weighted by molar-refractivity contribution is 7.99. The Balaban J connectivity index is 1.45. The Labute approximate surface area is 177 Å². The van der Waals surface area contributed by atoms with Crippen LogP contribution in [0, 0.1) is 5.82 Å². The van der Waals surface area contributed by atoms with Gasteiger partial charge in [0.05, 0.1) is 11.8 Å². The summed E-state index contributed by atoms with van der Waals surface area (Å²) in [7, 11) is 0. The molecule has 30 heavy (non-hydrogen) atoms. The number of benzene rings is 2. The highest BCUT2D eigenvalue weighted by atomic mass is 32.2. The van der Waals surface area contributed by atoms with E-state index in [4.69, 9.17) is 9.15 Å². The third-order valence-corrected chi connectivity index (χ3v) is 4.88. The Bertz CT molecular complexity index is 979. The maximum Gasteiger partial charge on any atom is 0.277 e. The molecule has 7 nitrogen and oxygen atoms in total. The highest BCUT2D eigenvalue weighted by Gasteiger charge is 2.18. The smallest absolute Gasteiger partial charge is 0.277 e. The van der Waals surface area contributed by atoms with Gasteiger partial charge in [0.25, 0.3) is 11.1 Å². The molecule has 3 rings (SSSR count). The minimum Gasteiger partial charge on any atom is -0.484 e. The van der Waals surface area contributed by atoms with Crippen molar-refractivity contribution < 1.29 is 23.1 Å². The van der Waals surface area contributed by atoms with E-state index in [0.717, 1.165) is 17.3 Å². The number of nitrogens with one attached hydrogen (secondary N) is 1. The van der Waals surface area contributed by atoms with Crippen LogP contribution in [0.1, 0.15) is 18.4 Å². The number of carbonyl (C=O) groups is 2. The molecule has 0 aliphatic carbocycles. The number of Topliss-reactive ketones (excluding diaryl/α,β-unsaturated/α-hetero) is 1. The Morgan fingerprint density at radius 3 is 2.57 bits per heavy atom. The minimum absolute atomic E-state index is 0.0227. The van der Waals surface area contributed by atoms with Crippen molar-refractivity contribution in [2.75, 3.05) is 5.75 Å². The van der Waals surface area contributed by atoms with E-state index in [1.54, 1.807) is 0 Å². The molecule has 1 heterocycles. The number of aromatic nitrogens is 2. The van der Waals surface area contributed by atoms with E-state index in [1.165, 1.54) is 31.2 Å². The molecular formula is C21H20FN3O4S. The average molecular weight is 429 g/mol. The third kappa shape index (κ3) is 6.70. The molecule has 0 saturated heterocycles. The predicted molar refractivity (Wildman–Crippen MR) is 109 cm³/mol. The van der Waals surface area contributed by atoms with Gasteiger partial charge >= 0.3 is 0 Å². The largest absolute Gasteiger partial charge is 0.484 e. The molecule has 0 spiro atoms. The van der Waals surface area contributed by atoms with E-state index in [-0.39, 0.29) is 41.0 Å². The van der Waals surface area contributed by atoms with Crippen molar-refractivity contribution >= 4 is 23.5 Å². The van der Waals surface area contributed by atoms with Crippen LogP contribution in [-0.2, 0) is 22.6 Å². The summed E-state index contributed by atoms with van der Waals surface area (Å²) in [6.45, 7) is 1.47. The summed E-state index contributed by atoms with van der Waals surface area (Å²) >= 11 is 1.06. The number of ketones is 1. The number of rotatable bonds is 10. The summed E-state index contributed by atoms with van der Waals surface area (Å²) in [5.74, 6) is -0.0507. The molecule has 0 radical (unpaired) electrons. The first-order chi connectivity index (χ1) is 14.5. The van der Waals surface area contributed by atoms with Gasteiger partial charge in [-0.05, 0) is 43.2 Å². The van der Waals surface area contributed by atoms with Crippen molar-refractivity contribution in [2.45, 2.75) is 31.2 Å². The molecular weight excluding hydrogens is 409 g/mol. The monoisotopic (exact) mass is 429 g/mol. The first kappa shape index (κ1) is 21.5. The van der Waals surface area contributed by atoms with Crippen molar-refractivity contribution in [3.05, 3.63) is 71.9 Å². The molecule has 2 aromatic carbocycles. The lowest BCUT2D eigenvalue weighted by Crippen LogP contribution is -2.42. The quantitative estimate of drug-likeness (QED) is 0.495. The third-order valence-electron chi connectivity index (χ3n) is 4.06. The van der Waals surface area contributed by atoms with Gasteiger partial charge in [0.1, 0.15) is 11.6 Å². The molecule has 1 aromatic heterocycles. The second kappa shape index (κ2) is 10.5. The number of thioether (sulfide) groups is 1. The number of ether oxygens (including phenoxy) is 1. The molecule has 9 heteroatoms. The maximum absolute atomic E-state index is 12.9. The molecule has 1 N–H and O–H groups in total. The number of amides is 1. The van der Waals surface area contributed by atoms with E-state index in [9.17, 15) is 14.0 Å². The van der Waals surface area contributed by atoms with Crippen molar-refractivity contribution in [1.29, 1.82) is 0 Å². The van der Waals surface area contributed by atoms with Crippen molar-refractivity contribution in [1.82, 2.24) is 15.5 Å². The second-order valence-electron chi connectivity index (χ2n) is 6.41. The first-order valence-electron chi connectivity index (χ1n) is 9.17. The lowest BCUT2D eigenvalue weighted by molar-refractivity contribution is -0.125. The Morgan fingerprint density at radius 1 is 1.13 bits per heavy atom. The Kier molecular flexibility index (Phi) is 7.56. The van der Waals surface area contributed by atoms with E-state index in [2.05, 4.69) is 15.5 Å². The summed E-state index contributed by atoms with van der Waals surface area (Å²) < 4.78 is 23.7. The second-order valence-corrected chi connectivity index (χ2v) is 7.34. The van der Waals surface area contributed by atoms with Gasteiger partial charge in [0.15, 0.2) is 12.4 Å². The molecule has 156 valence electrons. The molecule has 1 atom stereocenters. The van der Waals surface area contributed by atoms with E-state index in [1.807, 2.05) is 30.3 Å². The van der Waals surface area contributed by atoms with Crippen LogP contribution < -0.4 is 10.1 Å². The SMILES string of the molecule is CC(=O)[C@H](Cc1ccccc1)NC(=O)CSc1nnc(COc2ccc(F)cc2)o1. The fourth-order valence-corrected chi connectivity index (χ4v) is 3.13. The van der Waals surface area contributed by atoms with Crippen LogP contribution in [0.3, 0.4) is 0 Å². The molecule has 0 fully saturated rings. The first-order valence-corrected chi connectivity index (χ1v) is 10.2. The van der Waals surface area contributed by atoms with Gasteiger partial charge in [-0.1, -0.05) is 42.1 Å². The predicted octanol–water partition coefficient (Wildman–Crippen LogP) is 3.20. The number of carbonyl (C=O) groups excluding carboxylic acids is 2. The van der Waals surface area contributed by atoms with Crippen LogP contribution in [0.5, 0.6) is 5.75 Å². The van der Waals surface area contributed by atoms with Crippen LogP contribution in [0.15, 0.2) is 64.2 Å². The Hall–Kier alpha value is -3.20. The summed E-state index contributed by atoms with van der Waals surface area (Å²) in [6, 6.07) is 14.4. The number of halogens is 1. The van der Waals surface area contributed by atoms with Gasteiger partial charge < -0.3 is 14.5 Å². The lowest BCUT2D eigenvalue weighted by atomic mass is 10.0. The molecule has 0 saturated carbocycles. The summed E-state index contributed by atoms with van der Waals surface area (Å²) in [6.07, 6.45) is 0.429. The molecule has 0 unspecified atom stereocenters. The Morgan fingerprint density at radius 2 is 1.87 bits per heavy atom. The van der Waals surface area contributed by atoms with Crippen LogP contribution in [-0.4, -0.2) is 33.7 Å². The van der Waals surface area contributed by atoms with Gasteiger partial charge in [0.2, 0.25) is 5.91 Å². The van der Waals surface area contributed by atoms with Crippen molar-refractivity contribution in [3.63, 3.8) is 0 Å². The average Bonchev–Trinajstić information content (AvgIpc) is 3.20. The van der Waals surface area contributed by atoms with E-state index >= 15 is 0 Å². The molecule has 1 amide bonds. The van der Waals surface area contributed by atoms with Crippen LogP contribution >= 0.6 is 11.8 Å². The van der Waals surface area contributed by atoms with Gasteiger partial charge in [-0.25, -0.2) is 4.39 Å². The standard InChI is InChI=1S/C21H20FN3O4S/c1-14(26)18(11-15-5-3-2-4-6-15)23-19(27)13-30-21-25-24-20(29-21)12-28-17-9-7-16(22)8-10-17/h2-10,18H,11-13H2,1H3,(H,23,27)/t18-/m0/s1. The van der Waals surface area contributed by atoms with Gasteiger partial charge in [-0.2, -0.15) is 0 Å². The van der Waals surface area contributed by atoms with Crippen molar-refractivity contribution in [2.24, 2.45) is 0 Å². The molecule has 0 aliphatic rings. The van der Waals surface area contributed by atoms with Crippen LogP contribution in [0.25, 0.3) is 0 Å². The van der Waals surface area contributed by atoms with Crippen molar-refractivity contribution in [3.8, 4) is 5.75 Å². The topological polar surface area (TPSA) is 94.3 Å². The minimum atomic E-state index is -0.595. The number of hydrogen-bond donors (Lipinski definition) is 1. The van der Waals surface area contributed by atoms with Gasteiger partial charge in [-0.15, -0.1) is 10.2 Å². The fraction of sp³-hybridized carbons (Fsp3) is 0.238. The number of hydrogen-bond acceptors (Lipinski definition) is 7. The van der Waals surface area contributed by atoms with Crippen LogP contribution in [0.4, 0.5) is 4.39 Å². The number of nitrogens with zero attached hydrogens (tertiary/aromatic N) is 2. The zero-order valence-corrected chi connectivity index (χ0v) is 17.0. The molecule has 3 aromatic rings. The molecule has 0 aliphatic heterocycles. The molecule has 0 bridgehead atoms. The highest BCUT2D eigenvalue weighted by Crippen LogP contribution is 2.18. The van der Waals surface area contributed by atoms with Crippen LogP contribution in [0.2, 0.25) is 0 Å². The zero-order chi connectivity index (χ0) is 21.3. The normalized spacial score (nSPS) is 11.7. The summed E-state index contributed by atoms with van der Waals surface area (Å²) in [5.41, 5.74) is 0.966. The maximum atomic E-state index is 12.9. The lowest BCUT2D eigenvalue weighted by Gasteiger charge is -2.15. The summed E-state index contributed by atoms with van der Waals surface area (Å²) in [5, 5.41) is 10.7. The van der Waals surface area contributed by atoms with E-state index in [0.29, 0.717) is 12.2 Å². The van der Waals surface area contributed by atoms with Gasteiger partial charge in [0, 0.05) is 0 Å². The van der Waals surface area contributed by atoms with E-state index < -0.39 is 6.04 Å². The summed E-state index contributed by atoms with van der Waals surface area (Å²) in [4.78, 5) is 24.1. The zero-order valence-electron chi connectivity index (χ0n) is 16.2. The fourth-order valence-electron chi connectivity index (χ4n) is 2.54.